The zero-order chi connectivity index (χ0) is 11.9. The van der Waals surface area contributed by atoms with Crippen LogP contribution in [0.2, 0.25) is 0 Å². The van der Waals surface area contributed by atoms with E-state index in [1.165, 1.54) is 6.08 Å². The molecule has 0 amide bonds. The highest BCUT2D eigenvalue weighted by molar-refractivity contribution is 9.10. The van der Waals surface area contributed by atoms with Crippen molar-refractivity contribution in [1.29, 1.82) is 0 Å². The number of fused-ring (bicyclic) bond motifs is 1. The Morgan fingerprint density at radius 1 is 1.31 bits per heavy atom. The SMILES string of the molecule is CCc1cc(Br)cc2c1C(F)(F)C(=O)C=C2. The van der Waals surface area contributed by atoms with E-state index in [4.69, 9.17) is 0 Å². The van der Waals surface area contributed by atoms with E-state index in [0.717, 1.165) is 10.5 Å². The highest BCUT2D eigenvalue weighted by atomic mass is 79.9. The number of aryl methyl sites for hydroxylation is 1. The summed E-state index contributed by atoms with van der Waals surface area (Å²) in [5.41, 5.74) is 0.772. The monoisotopic (exact) mass is 286 g/mol. The maximum absolute atomic E-state index is 13.8. The van der Waals surface area contributed by atoms with Gasteiger partial charge >= 0.3 is 5.92 Å². The van der Waals surface area contributed by atoms with Gasteiger partial charge in [0.25, 0.3) is 0 Å². The van der Waals surface area contributed by atoms with Crippen LogP contribution in [0.4, 0.5) is 8.78 Å². The van der Waals surface area contributed by atoms with Crippen LogP contribution in [0.5, 0.6) is 0 Å². The van der Waals surface area contributed by atoms with E-state index >= 15 is 0 Å². The quantitative estimate of drug-likeness (QED) is 0.769. The Hall–Kier alpha value is -1.03. The molecule has 1 nitrogen and oxygen atoms in total. The van der Waals surface area contributed by atoms with Crippen LogP contribution in [0, 0.1) is 0 Å². The standard InChI is InChI=1S/C12H9BrF2O/c1-2-7-5-9(13)6-8-3-4-10(16)12(14,15)11(7)8/h3-6H,2H2,1H3. The molecule has 0 saturated carbocycles. The summed E-state index contributed by atoms with van der Waals surface area (Å²) in [6, 6.07) is 3.24. The molecule has 0 radical (unpaired) electrons. The molecule has 0 N–H and O–H groups in total. The van der Waals surface area contributed by atoms with Crippen molar-refractivity contribution in [2.24, 2.45) is 0 Å². The third-order valence-corrected chi connectivity index (χ3v) is 3.09. The highest BCUT2D eigenvalue weighted by Gasteiger charge is 2.44. The molecule has 0 fully saturated rings. The van der Waals surface area contributed by atoms with Crippen LogP contribution in [0.25, 0.3) is 6.08 Å². The van der Waals surface area contributed by atoms with Crippen LogP contribution < -0.4 is 0 Å². The van der Waals surface area contributed by atoms with Gasteiger partial charge in [0.05, 0.1) is 0 Å². The second kappa shape index (κ2) is 3.77. The molecule has 0 aliphatic heterocycles. The molecule has 0 bridgehead atoms. The van der Waals surface area contributed by atoms with Gasteiger partial charge < -0.3 is 0 Å². The molecular weight excluding hydrogens is 278 g/mol. The van der Waals surface area contributed by atoms with Gasteiger partial charge in [-0.05, 0) is 35.8 Å². The van der Waals surface area contributed by atoms with Gasteiger partial charge in [-0.15, -0.1) is 0 Å². The summed E-state index contributed by atoms with van der Waals surface area (Å²) in [4.78, 5) is 11.2. The number of carbonyl (C=O) groups excluding carboxylic acids is 1. The van der Waals surface area contributed by atoms with Gasteiger partial charge in [-0.25, -0.2) is 0 Å². The lowest BCUT2D eigenvalue weighted by atomic mass is 9.88. The molecule has 0 unspecified atom stereocenters. The van der Waals surface area contributed by atoms with Crippen LogP contribution in [0.3, 0.4) is 0 Å². The smallest absolute Gasteiger partial charge is 0.288 e. The van der Waals surface area contributed by atoms with Crippen molar-refractivity contribution in [3.8, 4) is 0 Å². The zero-order valence-electron chi connectivity index (χ0n) is 8.56. The maximum Gasteiger partial charge on any atom is 0.335 e. The molecule has 0 atom stereocenters. The first-order valence-electron chi connectivity index (χ1n) is 4.90. The van der Waals surface area contributed by atoms with Gasteiger partial charge in [-0.2, -0.15) is 8.78 Å². The summed E-state index contributed by atoms with van der Waals surface area (Å²) in [7, 11) is 0. The summed E-state index contributed by atoms with van der Waals surface area (Å²) in [5.74, 6) is -4.53. The minimum absolute atomic E-state index is 0.147. The van der Waals surface area contributed by atoms with Crippen LogP contribution in [0.15, 0.2) is 22.7 Å². The second-order valence-electron chi connectivity index (χ2n) is 3.65. The molecule has 4 heteroatoms. The number of carbonyl (C=O) groups is 1. The first-order chi connectivity index (χ1) is 7.46. The lowest BCUT2D eigenvalue weighted by Gasteiger charge is -2.23. The molecule has 2 rings (SSSR count). The third-order valence-electron chi connectivity index (χ3n) is 2.63. The van der Waals surface area contributed by atoms with Crippen molar-refractivity contribution < 1.29 is 13.6 Å². The topological polar surface area (TPSA) is 17.1 Å². The molecule has 1 aromatic rings. The van der Waals surface area contributed by atoms with Crippen molar-refractivity contribution in [3.05, 3.63) is 39.4 Å². The van der Waals surface area contributed by atoms with E-state index < -0.39 is 11.7 Å². The summed E-state index contributed by atoms with van der Waals surface area (Å²) in [6.45, 7) is 1.79. The third kappa shape index (κ3) is 1.61. The number of hydrogen-bond acceptors (Lipinski definition) is 1. The molecule has 0 spiro atoms. The van der Waals surface area contributed by atoms with Gasteiger partial charge in [0.2, 0.25) is 5.78 Å². The summed E-state index contributed by atoms with van der Waals surface area (Å²) < 4.78 is 28.3. The average molecular weight is 287 g/mol. The van der Waals surface area contributed by atoms with Crippen molar-refractivity contribution >= 4 is 27.8 Å². The highest BCUT2D eigenvalue weighted by Crippen LogP contribution is 2.40. The van der Waals surface area contributed by atoms with Crippen molar-refractivity contribution in [2.75, 3.05) is 0 Å². The number of ketones is 1. The summed E-state index contributed by atoms with van der Waals surface area (Å²) >= 11 is 3.27. The molecule has 1 aliphatic carbocycles. The van der Waals surface area contributed by atoms with E-state index in [9.17, 15) is 13.6 Å². The lowest BCUT2D eigenvalue weighted by molar-refractivity contribution is -0.139. The zero-order valence-corrected chi connectivity index (χ0v) is 10.1. The van der Waals surface area contributed by atoms with Gasteiger partial charge in [0.1, 0.15) is 0 Å². The van der Waals surface area contributed by atoms with Gasteiger partial charge in [0, 0.05) is 10.0 Å². The Bertz CT molecular complexity index is 492. The predicted molar refractivity (Wildman–Crippen MR) is 61.5 cm³/mol. The normalized spacial score (nSPS) is 17.4. The fourth-order valence-corrected chi connectivity index (χ4v) is 2.40. The first kappa shape index (κ1) is 11.5. The van der Waals surface area contributed by atoms with E-state index in [1.54, 1.807) is 19.1 Å². The van der Waals surface area contributed by atoms with Crippen LogP contribution in [0.1, 0.15) is 23.6 Å². The Balaban J connectivity index is 2.76. The van der Waals surface area contributed by atoms with Crippen LogP contribution in [-0.2, 0) is 17.1 Å². The molecule has 0 aromatic heterocycles. The van der Waals surface area contributed by atoms with Crippen molar-refractivity contribution in [2.45, 2.75) is 19.3 Å². The van der Waals surface area contributed by atoms with E-state index in [1.807, 2.05) is 0 Å². The van der Waals surface area contributed by atoms with Crippen molar-refractivity contribution in [1.82, 2.24) is 0 Å². The number of halogens is 3. The Kier molecular flexibility index (Phi) is 2.70. The number of rotatable bonds is 1. The summed E-state index contributed by atoms with van der Waals surface area (Å²) in [6.07, 6.45) is 2.85. The molecule has 0 saturated heterocycles. The molecule has 1 aromatic carbocycles. The Morgan fingerprint density at radius 2 is 2.00 bits per heavy atom. The fraction of sp³-hybridized carbons (Fsp3) is 0.250. The number of allylic oxidation sites excluding steroid dienone is 1. The minimum atomic E-state index is -3.39. The predicted octanol–water partition coefficient (Wildman–Crippen LogP) is 3.70. The van der Waals surface area contributed by atoms with E-state index in [0.29, 0.717) is 17.5 Å². The number of benzene rings is 1. The van der Waals surface area contributed by atoms with Gasteiger partial charge in [0.15, 0.2) is 0 Å². The van der Waals surface area contributed by atoms with Gasteiger partial charge in [-0.1, -0.05) is 28.9 Å². The molecule has 84 valence electrons. The molecule has 16 heavy (non-hydrogen) atoms. The summed E-state index contributed by atoms with van der Waals surface area (Å²) in [5, 5.41) is 0. The van der Waals surface area contributed by atoms with Crippen molar-refractivity contribution in [3.63, 3.8) is 0 Å². The van der Waals surface area contributed by atoms with Gasteiger partial charge in [-0.3, -0.25) is 4.79 Å². The molecule has 0 heterocycles. The number of hydrogen-bond donors (Lipinski definition) is 0. The second-order valence-corrected chi connectivity index (χ2v) is 4.57. The lowest BCUT2D eigenvalue weighted by Crippen LogP contribution is -2.29. The fourth-order valence-electron chi connectivity index (χ4n) is 1.87. The van der Waals surface area contributed by atoms with Crippen LogP contribution >= 0.6 is 15.9 Å². The molecule has 1 aliphatic rings. The largest absolute Gasteiger partial charge is 0.335 e. The Morgan fingerprint density at radius 3 is 2.62 bits per heavy atom. The maximum atomic E-state index is 13.8. The Labute approximate surface area is 100 Å². The minimum Gasteiger partial charge on any atom is -0.288 e. The molecular formula is C12H9BrF2O. The number of alkyl halides is 2. The van der Waals surface area contributed by atoms with E-state index in [2.05, 4.69) is 15.9 Å². The van der Waals surface area contributed by atoms with E-state index in [-0.39, 0.29) is 5.56 Å². The van der Waals surface area contributed by atoms with Crippen LogP contribution in [-0.4, -0.2) is 5.78 Å². The average Bonchev–Trinajstić information content (AvgIpc) is 2.22. The first-order valence-corrected chi connectivity index (χ1v) is 5.69.